The lowest BCUT2D eigenvalue weighted by Gasteiger charge is -2.15. The number of halogens is 3. The van der Waals surface area contributed by atoms with Gasteiger partial charge < -0.3 is 15.4 Å². The molecule has 14 heteroatoms. The molecule has 0 amide bonds. The number of pyridine rings is 1. The Labute approximate surface area is 225 Å². The monoisotopic (exact) mass is 573 g/mol. The fourth-order valence-corrected chi connectivity index (χ4v) is 4.87. The van der Waals surface area contributed by atoms with Crippen LogP contribution in [0.4, 0.5) is 19.0 Å². The lowest BCUT2D eigenvalue weighted by molar-refractivity contribution is -0.139. The summed E-state index contributed by atoms with van der Waals surface area (Å²) < 4.78 is 65.6. The number of fused-ring (bicyclic) bond motifs is 1. The minimum atomic E-state index is -4.67. The Balaban J connectivity index is 1.48. The summed E-state index contributed by atoms with van der Waals surface area (Å²) >= 11 is 0. The Kier molecular flexibility index (Phi) is 8.30. The van der Waals surface area contributed by atoms with E-state index < -0.39 is 50.6 Å². The van der Waals surface area contributed by atoms with Crippen molar-refractivity contribution in [1.29, 1.82) is 0 Å². The van der Waals surface area contributed by atoms with Crippen molar-refractivity contribution < 1.29 is 31.5 Å². The predicted octanol–water partition coefficient (Wildman–Crippen LogP) is 3.44. The van der Waals surface area contributed by atoms with Crippen molar-refractivity contribution in [2.24, 2.45) is 0 Å². The van der Waals surface area contributed by atoms with Crippen LogP contribution in [-0.4, -0.2) is 47.0 Å². The summed E-state index contributed by atoms with van der Waals surface area (Å²) in [6, 6.07) is 11.2. The highest BCUT2D eigenvalue weighted by Crippen LogP contribution is 2.29. The molecule has 0 spiro atoms. The number of alkyl halides is 3. The van der Waals surface area contributed by atoms with Crippen LogP contribution in [0.25, 0.3) is 17.0 Å². The van der Waals surface area contributed by atoms with Gasteiger partial charge in [0.15, 0.2) is 0 Å². The molecule has 208 valence electrons. The second kappa shape index (κ2) is 11.7. The van der Waals surface area contributed by atoms with Gasteiger partial charge in [0, 0.05) is 19.2 Å². The van der Waals surface area contributed by atoms with Gasteiger partial charge in [-0.05, 0) is 54.1 Å². The van der Waals surface area contributed by atoms with Crippen LogP contribution in [0.3, 0.4) is 0 Å². The summed E-state index contributed by atoms with van der Waals surface area (Å²) in [5.41, 5.74) is -0.643. The van der Waals surface area contributed by atoms with Gasteiger partial charge in [-0.25, -0.2) is 18.4 Å². The number of carboxylic acid groups (broad SMARTS) is 1. The van der Waals surface area contributed by atoms with Crippen molar-refractivity contribution in [2.75, 3.05) is 11.9 Å². The quantitative estimate of drug-likeness (QED) is 0.225. The number of sulfonamides is 1. The van der Waals surface area contributed by atoms with Crippen molar-refractivity contribution in [2.45, 2.75) is 23.5 Å². The smallest absolute Gasteiger partial charge is 0.416 e. The summed E-state index contributed by atoms with van der Waals surface area (Å²) in [6.07, 6.45) is 0.101. The molecule has 2 heterocycles. The highest BCUT2D eigenvalue weighted by atomic mass is 32.2. The Bertz CT molecular complexity index is 1710. The number of aliphatic carboxylic acids is 1. The van der Waals surface area contributed by atoms with E-state index in [1.54, 1.807) is 36.5 Å². The summed E-state index contributed by atoms with van der Waals surface area (Å²) in [6.45, 7) is 0.488. The van der Waals surface area contributed by atoms with Gasteiger partial charge in [0.25, 0.3) is 5.56 Å². The third-order valence-electron chi connectivity index (χ3n) is 5.64. The maximum absolute atomic E-state index is 12.8. The molecule has 0 fully saturated rings. The molecule has 4 rings (SSSR count). The molecule has 4 aromatic rings. The fraction of sp³-hybridized carbons (Fsp3) is 0.154. The number of aromatic amines is 1. The number of hydrogen-bond donors (Lipinski definition) is 4. The largest absolute Gasteiger partial charge is 0.480 e. The number of carboxylic acids is 1. The zero-order valence-electron chi connectivity index (χ0n) is 20.5. The fourth-order valence-electron chi connectivity index (χ4n) is 3.68. The summed E-state index contributed by atoms with van der Waals surface area (Å²) in [7, 11) is -4.51. The predicted molar refractivity (Wildman–Crippen MR) is 141 cm³/mol. The molecule has 0 saturated heterocycles. The van der Waals surface area contributed by atoms with E-state index >= 15 is 0 Å². The Hall–Kier alpha value is -4.56. The molecule has 0 bridgehead atoms. The van der Waals surface area contributed by atoms with Crippen LogP contribution >= 0.6 is 0 Å². The molecular weight excluding hydrogens is 551 g/mol. The number of anilines is 1. The molecule has 2 aromatic heterocycles. The van der Waals surface area contributed by atoms with Gasteiger partial charge in [-0.15, -0.1) is 0 Å². The highest BCUT2D eigenvalue weighted by Gasteiger charge is 2.31. The van der Waals surface area contributed by atoms with Crippen LogP contribution in [0.15, 0.2) is 82.6 Å². The van der Waals surface area contributed by atoms with Crippen molar-refractivity contribution in [1.82, 2.24) is 19.7 Å². The van der Waals surface area contributed by atoms with Crippen LogP contribution in [0.1, 0.15) is 17.0 Å². The molecule has 40 heavy (non-hydrogen) atoms. The number of nitrogens with zero attached hydrogens (tertiary/aromatic N) is 2. The van der Waals surface area contributed by atoms with Crippen molar-refractivity contribution >= 4 is 38.8 Å². The van der Waals surface area contributed by atoms with Crippen LogP contribution < -0.4 is 15.6 Å². The molecular formula is C26H22F3N5O5S. The van der Waals surface area contributed by atoms with Crippen LogP contribution in [0.5, 0.6) is 0 Å². The summed E-state index contributed by atoms with van der Waals surface area (Å²) in [4.78, 5) is 34.8. The Morgan fingerprint density at radius 3 is 2.50 bits per heavy atom. The molecule has 0 radical (unpaired) electrons. The number of benzene rings is 2. The topological polar surface area (TPSA) is 154 Å². The molecule has 4 N–H and O–H groups in total. The van der Waals surface area contributed by atoms with E-state index in [0.29, 0.717) is 30.1 Å². The first kappa shape index (κ1) is 28.4. The van der Waals surface area contributed by atoms with Crippen LogP contribution in [0.2, 0.25) is 0 Å². The molecule has 0 saturated carbocycles. The van der Waals surface area contributed by atoms with Gasteiger partial charge in [-0.1, -0.05) is 24.3 Å². The van der Waals surface area contributed by atoms with E-state index in [4.69, 9.17) is 0 Å². The van der Waals surface area contributed by atoms with Gasteiger partial charge in [-0.2, -0.15) is 17.9 Å². The number of aromatic nitrogens is 3. The first-order chi connectivity index (χ1) is 18.9. The molecule has 2 aromatic carbocycles. The van der Waals surface area contributed by atoms with Crippen LogP contribution in [0, 0.1) is 0 Å². The van der Waals surface area contributed by atoms with Gasteiger partial charge >= 0.3 is 12.1 Å². The first-order valence-electron chi connectivity index (χ1n) is 11.7. The standard InChI is InChI=1S/C26H22F3N5O5S/c27-26(28,29)17-7-9-18(10-8-17)40(38,39)34-21(25(36)37)15-23-32-20-11-6-16(14-19(20)24(35)33-23)4-3-13-31-22-5-1-2-12-30-22/h1-12,14,21,34H,13,15H2,(H,30,31)(H,36,37)(H,32,33,35)/b4-3+/t21-/m0/s1. The molecule has 10 nitrogen and oxygen atoms in total. The van der Waals surface area contributed by atoms with E-state index in [0.717, 1.165) is 12.1 Å². The maximum Gasteiger partial charge on any atom is 0.416 e. The van der Waals surface area contributed by atoms with Crippen LogP contribution in [-0.2, 0) is 27.4 Å². The third-order valence-corrected chi connectivity index (χ3v) is 7.13. The van der Waals surface area contributed by atoms with Gasteiger partial charge in [0.05, 0.1) is 21.4 Å². The maximum atomic E-state index is 12.8. The summed E-state index contributed by atoms with van der Waals surface area (Å²) in [5, 5.41) is 12.9. The zero-order chi connectivity index (χ0) is 28.9. The lowest BCUT2D eigenvalue weighted by Crippen LogP contribution is -2.42. The average molecular weight is 574 g/mol. The number of carbonyl (C=O) groups is 1. The second-order valence-electron chi connectivity index (χ2n) is 8.53. The van der Waals surface area contributed by atoms with Crippen molar-refractivity contribution in [3.63, 3.8) is 0 Å². The van der Waals surface area contributed by atoms with Gasteiger partial charge in [-0.3, -0.25) is 9.59 Å². The average Bonchev–Trinajstić information content (AvgIpc) is 2.91. The minimum absolute atomic E-state index is 0.0946. The number of nitrogens with one attached hydrogen (secondary N) is 3. The van der Waals surface area contributed by atoms with E-state index in [9.17, 15) is 36.3 Å². The number of rotatable bonds is 10. The van der Waals surface area contributed by atoms with Gasteiger partial charge in [0.1, 0.15) is 17.7 Å². The normalized spacial score (nSPS) is 13.0. The lowest BCUT2D eigenvalue weighted by atomic mass is 10.1. The van der Waals surface area contributed by atoms with Crippen molar-refractivity contribution in [3.8, 4) is 0 Å². The summed E-state index contributed by atoms with van der Waals surface area (Å²) in [5.74, 6) is -0.957. The SMILES string of the molecule is O=C(O)[C@H](Cc1nc2ccc(/C=C/CNc3ccccn3)cc2c(=O)[nH]1)NS(=O)(=O)c1ccc(C(F)(F)F)cc1. The zero-order valence-corrected chi connectivity index (χ0v) is 21.3. The van der Waals surface area contributed by atoms with E-state index in [2.05, 4.69) is 20.3 Å². The highest BCUT2D eigenvalue weighted by molar-refractivity contribution is 7.89. The second-order valence-corrected chi connectivity index (χ2v) is 10.2. The van der Waals surface area contributed by atoms with E-state index in [1.807, 2.05) is 22.9 Å². The van der Waals surface area contributed by atoms with E-state index in [1.165, 1.54) is 0 Å². The number of H-pyrrole nitrogens is 1. The van der Waals surface area contributed by atoms with Gasteiger partial charge in [0.2, 0.25) is 10.0 Å². The third kappa shape index (κ3) is 7.09. The molecule has 1 atom stereocenters. The minimum Gasteiger partial charge on any atom is -0.480 e. The van der Waals surface area contributed by atoms with Crippen molar-refractivity contribution in [3.05, 3.63) is 100 Å². The molecule has 0 aliphatic carbocycles. The van der Waals surface area contributed by atoms with E-state index in [-0.39, 0.29) is 16.7 Å². The molecule has 0 unspecified atom stereocenters. The molecule has 0 aliphatic rings. The Morgan fingerprint density at radius 2 is 1.85 bits per heavy atom. The number of hydrogen-bond acceptors (Lipinski definition) is 7. The molecule has 0 aliphatic heterocycles. The Morgan fingerprint density at radius 1 is 1.10 bits per heavy atom. The first-order valence-corrected chi connectivity index (χ1v) is 13.2.